The SMILES string of the molecule is O=C(N[C@@H](Cc1c[nH]c2ccccc12)C(=O)[O-])OC12CC3CC(CC(NCC(=O)N4Cc5ccc(F)cc5C4)(C3)C1)C2.[Li+]. The number of carbonyl (C=O) groups is 3. The molecule has 4 fully saturated rings. The Labute approximate surface area is 261 Å². The van der Waals surface area contributed by atoms with Crippen LogP contribution in [0.1, 0.15) is 55.2 Å². The first-order chi connectivity index (χ1) is 20.2. The fourth-order valence-electron chi connectivity index (χ4n) is 8.50. The number of aromatic nitrogens is 1. The van der Waals surface area contributed by atoms with E-state index in [0.29, 0.717) is 31.3 Å². The first kappa shape index (κ1) is 29.7. The number of amides is 2. The van der Waals surface area contributed by atoms with Gasteiger partial charge in [-0.05, 0) is 78.8 Å². The third-order valence-electron chi connectivity index (χ3n) is 9.85. The van der Waals surface area contributed by atoms with Gasteiger partial charge in [-0.1, -0.05) is 24.3 Å². The van der Waals surface area contributed by atoms with Crippen LogP contribution in [0.2, 0.25) is 0 Å². The molecule has 2 amide bonds. The smallest absolute Gasteiger partial charge is 0.548 e. The molecule has 0 spiro atoms. The monoisotopic (exact) mass is 580 g/mol. The molecule has 220 valence electrons. The Morgan fingerprint density at radius 1 is 1.07 bits per heavy atom. The number of alkyl carbamates (subject to hydrolysis) is 1. The van der Waals surface area contributed by atoms with Crippen molar-refractivity contribution in [3.63, 3.8) is 0 Å². The van der Waals surface area contributed by atoms with Gasteiger partial charge >= 0.3 is 25.0 Å². The second kappa shape index (κ2) is 11.3. The minimum atomic E-state index is -1.37. The molecular weight excluding hydrogens is 546 g/mol. The largest absolute Gasteiger partial charge is 1.00 e. The van der Waals surface area contributed by atoms with Crippen molar-refractivity contribution < 1.29 is 47.5 Å². The van der Waals surface area contributed by atoms with E-state index in [9.17, 15) is 23.9 Å². The predicted molar refractivity (Wildman–Crippen MR) is 149 cm³/mol. The molecule has 2 aromatic carbocycles. The fourth-order valence-corrected chi connectivity index (χ4v) is 8.50. The summed E-state index contributed by atoms with van der Waals surface area (Å²) in [5.41, 5.74) is 2.45. The summed E-state index contributed by atoms with van der Waals surface area (Å²) in [6.07, 6.45) is 6.02. The molecule has 2 unspecified atom stereocenters. The van der Waals surface area contributed by atoms with Gasteiger partial charge in [0, 0.05) is 48.6 Å². The summed E-state index contributed by atoms with van der Waals surface area (Å²) in [5, 5.41) is 19.0. The van der Waals surface area contributed by atoms with Gasteiger partial charge in [-0.25, -0.2) is 9.18 Å². The van der Waals surface area contributed by atoms with Crippen LogP contribution in [0.4, 0.5) is 9.18 Å². The number of fused-ring (bicyclic) bond motifs is 2. The molecule has 1 aliphatic heterocycles. The van der Waals surface area contributed by atoms with E-state index in [0.717, 1.165) is 59.7 Å². The van der Waals surface area contributed by atoms with Crippen LogP contribution in [0.15, 0.2) is 48.7 Å². The molecule has 9 nitrogen and oxygen atoms in total. The number of nitrogens with one attached hydrogen (secondary N) is 3. The molecule has 4 saturated carbocycles. The van der Waals surface area contributed by atoms with Crippen LogP contribution in [0.5, 0.6) is 0 Å². The Bertz CT molecular complexity index is 1560. The maximum atomic E-state index is 13.6. The van der Waals surface area contributed by atoms with Crippen LogP contribution in [-0.4, -0.2) is 51.6 Å². The molecule has 8 rings (SSSR count). The molecule has 11 heteroatoms. The van der Waals surface area contributed by atoms with Gasteiger partial charge in [0.05, 0.1) is 18.6 Å². The van der Waals surface area contributed by atoms with Crippen molar-refractivity contribution in [2.45, 2.75) is 75.2 Å². The zero-order valence-corrected chi connectivity index (χ0v) is 24.3. The van der Waals surface area contributed by atoms with Crippen LogP contribution >= 0.6 is 0 Å². The molecular formula is C32H34FLiN4O5. The van der Waals surface area contributed by atoms with Crippen molar-refractivity contribution in [3.8, 4) is 0 Å². The predicted octanol–water partition coefficient (Wildman–Crippen LogP) is -0.0784. The molecule has 3 aromatic rings. The number of aliphatic carboxylic acids is 1. The van der Waals surface area contributed by atoms with Gasteiger partial charge in [-0.3, -0.25) is 4.79 Å². The standard InChI is InChI=1S/C32H35FN4O5.Li/c33-24-6-5-21-16-37(17-23(21)8-24)28(38)15-35-31-10-19-7-20(11-31)13-32(12-19,18-31)42-30(41)36-27(29(39)40)9-22-14-34-26-4-2-1-3-25(22)26;/h1-6,8,14,19-20,27,34-35H,7,9-13,15-18H2,(H,36,41)(H,39,40);/q;+1/p-1/t19?,20?,27-,31?,32?;/m0./s1. The topological polar surface area (TPSA) is 127 Å². The Balaban J connectivity index is 0.00000329. The van der Waals surface area contributed by atoms with Crippen molar-refractivity contribution in [2.75, 3.05) is 6.54 Å². The van der Waals surface area contributed by atoms with Gasteiger partial charge in [0.15, 0.2) is 0 Å². The van der Waals surface area contributed by atoms with Crippen molar-refractivity contribution in [2.24, 2.45) is 11.8 Å². The van der Waals surface area contributed by atoms with Crippen LogP contribution in [0.3, 0.4) is 0 Å². The molecule has 2 heterocycles. The van der Waals surface area contributed by atoms with Crippen molar-refractivity contribution >= 4 is 28.9 Å². The normalized spacial score (nSPS) is 27.4. The average Bonchev–Trinajstić information content (AvgIpc) is 3.54. The number of aromatic amines is 1. The quantitative estimate of drug-likeness (QED) is 0.320. The van der Waals surface area contributed by atoms with Gasteiger partial charge in [-0.15, -0.1) is 0 Å². The number of nitrogens with zero attached hydrogens (tertiary/aromatic N) is 1. The van der Waals surface area contributed by atoms with Gasteiger partial charge in [-0.2, -0.15) is 0 Å². The Kier molecular flexibility index (Phi) is 7.82. The second-order valence-electron chi connectivity index (χ2n) is 12.9. The van der Waals surface area contributed by atoms with Crippen molar-refractivity contribution in [1.29, 1.82) is 0 Å². The summed E-state index contributed by atoms with van der Waals surface area (Å²) in [6, 6.07) is 11.0. The molecule has 3 atom stereocenters. The van der Waals surface area contributed by atoms with E-state index in [-0.39, 0.29) is 49.1 Å². The van der Waals surface area contributed by atoms with E-state index in [2.05, 4.69) is 15.6 Å². The molecule has 4 aliphatic carbocycles. The number of carboxylic acid groups (broad SMARTS) is 1. The number of hydrogen-bond donors (Lipinski definition) is 3. The summed E-state index contributed by atoms with van der Waals surface area (Å²) in [7, 11) is 0. The molecule has 3 N–H and O–H groups in total. The maximum Gasteiger partial charge on any atom is 1.00 e. The first-order valence-electron chi connectivity index (χ1n) is 14.7. The zero-order valence-electron chi connectivity index (χ0n) is 24.3. The van der Waals surface area contributed by atoms with Gasteiger partial charge in [0.25, 0.3) is 0 Å². The molecule has 0 saturated heterocycles. The van der Waals surface area contributed by atoms with E-state index < -0.39 is 23.7 Å². The third kappa shape index (κ3) is 5.80. The van der Waals surface area contributed by atoms with Gasteiger partial charge in [0.1, 0.15) is 11.4 Å². The maximum absolute atomic E-state index is 13.6. The van der Waals surface area contributed by atoms with Crippen LogP contribution in [-0.2, 0) is 33.8 Å². The van der Waals surface area contributed by atoms with E-state index >= 15 is 0 Å². The number of carboxylic acids is 1. The van der Waals surface area contributed by atoms with Crippen LogP contribution < -0.4 is 34.6 Å². The summed E-state index contributed by atoms with van der Waals surface area (Å²) >= 11 is 0. The minimum Gasteiger partial charge on any atom is -0.548 e. The second-order valence-corrected chi connectivity index (χ2v) is 12.9. The number of halogens is 1. The molecule has 1 aromatic heterocycles. The molecule has 43 heavy (non-hydrogen) atoms. The number of benzene rings is 2. The number of para-hydroxylation sites is 1. The number of rotatable bonds is 8. The molecule has 4 bridgehead atoms. The van der Waals surface area contributed by atoms with Gasteiger partial charge in [0.2, 0.25) is 5.91 Å². The Morgan fingerprint density at radius 3 is 2.58 bits per heavy atom. The van der Waals surface area contributed by atoms with E-state index in [1.165, 1.54) is 12.1 Å². The zero-order chi connectivity index (χ0) is 29.1. The van der Waals surface area contributed by atoms with E-state index in [1.54, 1.807) is 17.2 Å². The number of H-pyrrole nitrogens is 1. The Morgan fingerprint density at radius 2 is 1.81 bits per heavy atom. The van der Waals surface area contributed by atoms with Gasteiger partial charge < -0.3 is 35.2 Å². The summed E-state index contributed by atoms with van der Waals surface area (Å²) in [4.78, 5) is 43.2. The number of carbonyl (C=O) groups excluding carboxylic acids is 3. The number of ether oxygens (including phenoxy) is 1. The molecule has 5 aliphatic rings. The van der Waals surface area contributed by atoms with Crippen molar-refractivity contribution in [3.05, 3.63) is 71.2 Å². The number of hydrogen-bond acceptors (Lipinski definition) is 6. The first-order valence-corrected chi connectivity index (χ1v) is 14.7. The van der Waals surface area contributed by atoms with Crippen LogP contribution in [0.25, 0.3) is 10.9 Å². The van der Waals surface area contributed by atoms with E-state index in [1.807, 2.05) is 24.3 Å². The van der Waals surface area contributed by atoms with E-state index in [4.69, 9.17) is 4.74 Å². The summed E-state index contributed by atoms with van der Waals surface area (Å²) in [5.74, 6) is -0.976. The third-order valence-corrected chi connectivity index (χ3v) is 9.85. The summed E-state index contributed by atoms with van der Waals surface area (Å²) < 4.78 is 19.8. The van der Waals surface area contributed by atoms with Crippen molar-refractivity contribution in [1.82, 2.24) is 20.5 Å². The minimum absolute atomic E-state index is 0. The Hall–Kier alpha value is -3.32. The summed E-state index contributed by atoms with van der Waals surface area (Å²) in [6.45, 7) is 1.03. The average molecular weight is 581 g/mol. The fraction of sp³-hybridized carbons (Fsp3) is 0.469. The van der Waals surface area contributed by atoms with Crippen LogP contribution in [0, 0.1) is 17.7 Å². The molecule has 0 radical (unpaired) electrons.